The average Bonchev–Trinajstić information content (AvgIpc) is 2.53. The Bertz CT molecular complexity index is 790. The lowest BCUT2D eigenvalue weighted by molar-refractivity contribution is -0.123. The van der Waals surface area contributed by atoms with Crippen molar-refractivity contribution in [2.75, 3.05) is 5.32 Å². The molecule has 0 aliphatic heterocycles. The molecule has 2 aromatic rings. The minimum atomic E-state index is -0.979. The van der Waals surface area contributed by atoms with Crippen molar-refractivity contribution in [2.45, 2.75) is 26.9 Å². The van der Waals surface area contributed by atoms with Gasteiger partial charge in [-0.1, -0.05) is 40.9 Å². The Kier molecular flexibility index (Phi) is 5.86. The smallest absolute Gasteiger partial charge is 0.339 e. The number of hydrogen-bond acceptors (Lipinski definition) is 3. The molecule has 0 aliphatic rings. The summed E-state index contributed by atoms with van der Waals surface area (Å²) in [5.41, 5.74) is 2.53. The predicted octanol–water partition coefficient (Wildman–Crippen LogP) is 4.79. The molecule has 0 spiro atoms. The van der Waals surface area contributed by atoms with Gasteiger partial charge >= 0.3 is 5.97 Å². The Morgan fingerprint density at radius 3 is 2.50 bits per heavy atom. The molecule has 1 amide bonds. The molecule has 4 nitrogen and oxygen atoms in total. The number of aryl methyl sites for hydroxylation is 2. The van der Waals surface area contributed by atoms with Gasteiger partial charge in [-0.2, -0.15) is 0 Å². The Balaban J connectivity index is 2.07. The Hall–Kier alpha value is -2.04. The second-order valence-corrected chi connectivity index (χ2v) is 6.32. The lowest BCUT2D eigenvalue weighted by atomic mass is 10.1. The summed E-state index contributed by atoms with van der Waals surface area (Å²) in [6, 6.07) is 10.2. The summed E-state index contributed by atoms with van der Waals surface area (Å²) in [5, 5.41) is 3.39. The van der Waals surface area contributed by atoms with E-state index < -0.39 is 18.0 Å². The standard InChI is InChI=1S/C18H17Cl2NO3/c1-10-4-5-11(2)14(8-10)18(23)24-12(3)17(22)21-16-9-13(19)6-7-15(16)20/h4-9,12H,1-3H3,(H,21,22). The normalized spacial score (nSPS) is 11.7. The minimum absolute atomic E-state index is 0.348. The van der Waals surface area contributed by atoms with Crippen molar-refractivity contribution in [1.82, 2.24) is 0 Å². The van der Waals surface area contributed by atoms with E-state index in [4.69, 9.17) is 27.9 Å². The van der Waals surface area contributed by atoms with E-state index in [0.717, 1.165) is 11.1 Å². The van der Waals surface area contributed by atoms with Crippen molar-refractivity contribution in [3.8, 4) is 0 Å². The maximum atomic E-state index is 12.3. The van der Waals surface area contributed by atoms with E-state index >= 15 is 0 Å². The van der Waals surface area contributed by atoms with Crippen molar-refractivity contribution in [2.24, 2.45) is 0 Å². The highest BCUT2D eigenvalue weighted by molar-refractivity contribution is 6.35. The van der Waals surface area contributed by atoms with Gasteiger partial charge in [0.25, 0.3) is 5.91 Å². The summed E-state index contributed by atoms with van der Waals surface area (Å²) in [4.78, 5) is 24.5. The lowest BCUT2D eigenvalue weighted by Gasteiger charge is -2.15. The molecule has 0 bridgehead atoms. The van der Waals surface area contributed by atoms with E-state index in [1.165, 1.54) is 13.0 Å². The van der Waals surface area contributed by atoms with Gasteiger partial charge in [0.15, 0.2) is 6.10 Å². The fourth-order valence-electron chi connectivity index (χ4n) is 2.06. The van der Waals surface area contributed by atoms with Crippen LogP contribution in [0.15, 0.2) is 36.4 Å². The molecule has 126 valence electrons. The molecular weight excluding hydrogens is 349 g/mol. The molecule has 0 radical (unpaired) electrons. The number of ether oxygens (including phenoxy) is 1. The summed E-state index contributed by atoms with van der Waals surface area (Å²) >= 11 is 11.9. The molecule has 6 heteroatoms. The van der Waals surface area contributed by atoms with Gasteiger partial charge in [-0.15, -0.1) is 0 Å². The topological polar surface area (TPSA) is 55.4 Å². The number of rotatable bonds is 4. The maximum Gasteiger partial charge on any atom is 0.339 e. The zero-order valence-corrected chi connectivity index (χ0v) is 15.0. The Morgan fingerprint density at radius 2 is 1.79 bits per heavy atom. The minimum Gasteiger partial charge on any atom is -0.449 e. The number of anilines is 1. The van der Waals surface area contributed by atoms with Crippen LogP contribution >= 0.6 is 23.2 Å². The van der Waals surface area contributed by atoms with Gasteiger partial charge in [0.1, 0.15) is 0 Å². The third kappa shape index (κ3) is 4.49. The first-order chi connectivity index (χ1) is 11.3. The molecule has 0 aliphatic carbocycles. The Labute approximate surface area is 150 Å². The van der Waals surface area contributed by atoms with Crippen LogP contribution in [0.1, 0.15) is 28.4 Å². The highest BCUT2D eigenvalue weighted by atomic mass is 35.5. The van der Waals surface area contributed by atoms with Crippen LogP contribution in [0, 0.1) is 13.8 Å². The molecule has 0 saturated heterocycles. The maximum absolute atomic E-state index is 12.3. The second kappa shape index (κ2) is 7.69. The average molecular weight is 366 g/mol. The molecular formula is C18H17Cl2NO3. The molecule has 0 saturated carbocycles. The van der Waals surface area contributed by atoms with Gasteiger partial charge in [-0.3, -0.25) is 4.79 Å². The summed E-state index contributed by atoms with van der Waals surface area (Å²) in [6.07, 6.45) is -0.979. The number of nitrogens with one attached hydrogen (secondary N) is 1. The van der Waals surface area contributed by atoms with Gasteiger partial charge < -0.3 is 10.1 Å². The van der Waals surface area contributed by atoms with Crippen molar-refractivity contribution in [3.63, 3.8) is 0 Å². The van der Waals surface area contributed by atoms with Crippen LogP contribution in [0.25, 0.3) is 0 Å². The number of carbonyl (C=O) groups is 2. The van der Waals surface area contributed by atoms with Crippen molar-refractivity contribution < 1.29 is 14.3 Å². The molecule has 0 heterocycles. The largest absolute Gasteiger partial charge is 0.449 e. The van der Waals surface area contributed by atoms with E-state index in [1.807, 2.05) is 26.0 Å². The summed E-state index contributed by atoms with van der Waals surface area (Å²) in [7, 11) is 0. The third-order valence-corrected chi connectivity index (χ3v) is 4.02. The zero-order chi connectivity index (χ0) is 17.9. The van der Waals surface area contributed by atoms with Crippen LogP contribution in [-0.2, 0) is 9.53 Å². The van der Waals surface area contributed by atoms with E-state index in [1.54, 1.807) is 18.2 Å². The van der Waals surface area contributed by atoms with Crippen molar-refractivity contribution in [3.05, 3.63) is 63.1 Å². The zero-order valence-electron chi connectivity index (χ0n) is 13.5. The van der Waals surface area contributed by atoms with E-state index in [-0.39, 0.29) is 0 Å². The van der Waals surface area contributed by atoms with Gasteiger partial charge in [0.2, 0.25) is 0 Å². The number of hydrogen-bond donors (Lipinski definition) is 1. The van der Waals surface area contributed by atoms with Gasteiger partial charge in [0, 0.05) is 5.02 Å². The van der Waals surface area contributed by atoms with Crippen LogP contribution in [-0.4, -0.2) is 18.0 Å². The number of amides is 1. The third-order valence-electron chi connectivity index (χ3n) is 3.45. The summed E-state index contributed by atoms with van der Waals surface area (Å²) in [6.45, 7) is 5.19. The molecule has 1 N–H and O–H groups in total. The molecule has 1 unspecified atom stereocenters. The van der Waals surface area contributed by atoms with E-state index in [9.17, 15) is 9.59 Å². The molecule has 24 heavy (non-hydrogen) atoms. The SMILES string of the molecule is Cc1ccc(C)c(C(=O)OC(C)C(=O)Nc2cc(Cl)ccc2Cl)c1. The number of carbonyl (C=O) groups excluding carboxylic acids is 2. The quantitative estimate of drug-likeness (QED) is 0.792. The molecule has 2 rings (SSSR count). The first-order valence-electron chi connectivity index (χ1n) is 7.32. The van der Waals surface area contributed by atoms with Crippen LogP contribution in [0.2, 0.25) is 10.0 Å². The molecule has 2 aromatic carbocycles. The number of esters is 1. The molecule has 0 fully saturated rings. The van der Waals surface area contributed by atoms with E-state index in [0.29, 0.717) is 21.3 Å². The predicted molar refractivity (Wildman–Crippen MR) is 95.9 cm³/mol. The summed E-state index contributed by atoms with van der Waals surface area (Å²) in [5.74, 6) is -1.03. The lowest BCUT2D eigenvalue weighted by Crippen LogP contribution is -2.30. The number of halogens is 2. The van der Waals surface area contributed by atoms with Crippen LogP contribution < -0.4 is 5.32 Å². The van der Waals surface area contributed by atoms with Gasteiger partial charge in [-0.05, 0) is 50.6 Å². The monoisotopic (exact) mass is 365 g/mol. The van der Waals surface area contributed by atoms with Gasteiger partial charge in [0.05, 0.1) is 16.3 Å². The highest BCUT2D eigenvalue weighted by Crippen LogP contribution is 2.25. The van der Waals surface area contributed by atoms with Crippen molar-refractivity contribution >= 4 is 40.8 Å². The summed E-state index contributed by atoms with van der Waals surface area (Å²) < 4.78 is 5.25. The van der Waals surface area contributed by atoms with E-state index in [2.05, 4.69) is 5.32 Å². The van der Waals surface area contributed by atoms with Gasteiger partial charge in [-0.25, -0.2) is 4.79 Å². The van der Waals surface area contributed by atoms with Crippen LogP contribution in [0.4, 0.5) is 5.69 Å². The number of benzene rings is 2. The first-order valence-corrected chi connectivity index (χ1v) is 8.07. The Morgan fingerprint density at radius 1 is 1.08 bits per heavy atom. The molecule has 1 atom stereocenters. The second-order valence-electron chi connectivity index (χ2n) is 5.48. The molecule has 0 aromatic heterocycles. The fraction of sp³-hybridized carbons (Fsp3) is 0.222. The van der Waals surface area contributed by atoms with Crippen molar-refractivity contribution in [1.29, 1.82) is 0 Å². The van der Waals surface area contributed by atoms with Crippen LogP contribution in [0.5, 0.6) is 0 Å². The highest BCUT2D eigenvalue weighted by Gasteiger charge is 2.21. The van der Waals surface area contributed by atoms with Crippen LogP contribution in [0.3, 0.4) is 0 Å². The first kappa shape index (κ1) is 18.3. The fourth-order valence-corrected chi connectivity index (χ4v) is 2.40.